The Morgan fingerprint density at radius 3 is 2.74 bits per heavy atom. The number of methoxy groups -OCH3 is 1. The number of fused-ring (bicyclic) bond motifs is 2. The number of nitrogens with zero attached hydrogens (tertiary/aromatic N) is 4. The van der Waals surface area contributed by atoms with Gasteiger partial charge in [-0.2, -0.15) is 9.78 Å². The summed E-state index contributed by atoms with van der Waals surface area (Å²) in [4.78, 5) is 41.5. The number of aromatic nitrogens is 2. The van der Waals surface area contributed by atoms with E-state index in [9.17, 15) is 19.7 Å². The minimum Gasteiger partial charge on any atom is -0.490 e. The van der Waals surface area contributed by atoms with E-state index < -0.39 is 28.2 Å². The molecular weight excluding hydrogens is 612 g/mol. The molecule has 13 heteroatoms. The minimum atomic E-state index is -1.14. The van der Waals surface area contributed by atoms with Crippen molar-refractivity contribution in [1.29, 1.82) is 0 Å². The Morgan fingerprint density at radius 1 is 1.21 bits per heavy atom. The number of esters is 1. The van der Waals surface area contributed by atoms with Crippen LogP contribution in [0.4, 0.5) is 5.69 Å². The highest BCUT2D eigenvalue weighted by molar-refractivity contribution is 9.10. The van der Waals surface area contributed by atoms with Gasteiger partial charge in [0.25, 0.3) is 5.56 Å². The largest absolute Gasteiger partial charge is 0.490 e. The van der Waals surface area contributed by atoms with Gasteiger partial charge in [-0.25, -0.2) is 9.78 Å². The van der Waals surface area contributed by atoms with Gasteiger partial charge in [0.1, 0.15) is 5.58 Å². The smallest absolute Gasteiger partial charge is 0.346 e. The summed E-state index contributed by atoms with van der Waals surface area (Å²) in [7, 11) is 1.18. The number of nitro benzene ring substituents is 1. The summed E-state index contributed by atoms with van der Waals surface area (Å²) < 4.78 is 23.8. The number of nitro groups is 1. The molecule has 0 amide bonds. The van der Waals surface area contributed by atoms with E-state index in [1.165, 1.54) is 32.4 Å². The molecule has 0 unspecified atom stereocenters. The molecule has 42 heavy (non-hydrogen) atoms. The van der Waals surface area contributed by atoms with Crippen LogP contribution in [0, 0.1) is 10.1 Å². The van der Waals surface area contributed by atoms with Crippen molar-refractivity contribution in [3.05, 3.63) is 91.2 Å². The van der Waals surface area contributed by atoms with E-state index in [2.05, 4.69) is 30.8 Å². The van der Waals surface area contributed by atoms with Crippen LogP contribution in [0.25, 0.3) is 33.5 Å². The van der Waals surface area contributed by atoms with Gasteiger partial charge in [0.15, 0.2) is 17.6 Å². The van der Waals surface area contributed by atoms with Crippen molar-refractivity contribution >= 4 is 55.7 Å². The molecule has 0 aliphatic heterocycles. The van der Waals surface area contributed by atoms with Gasteiger partial charge in [0.2, 0.25) is 11.6 Å². The van der Waals surface area contributed by atoms with Crippen LogP contribution in [0.15, 0.2) is 79.4 Å². The van der Waals surface area contributed by atoms with Crippen LogP contribution >= 0.6 is 15.9 Å². The lowest BCUT2D eigenvalue weighted by Gasteiger charge is -2.16. The molecule has 5 aromatic rings. The molecule has 0 bridgehead atoms. The van der Waals surface area contributed by atoms with Crippen molar-refractivity contribution in [1.82, 2.24) is 9.66 Å². The molecule has 0 aliphatic carbocycles. The highest BCUT2D eigenvalue weighted by atomic mass is 79.9. The molecule has 2 heterocycles. The number of ether oxygens (including phenoxy) is 3. The molecule has 1 atom stereocenters. The predicted molar refractivity (Wildman–Crippen MR) is 158 cm³/mol. The number of hydrogen-bond acceptors (Lipinski definition) is 10. The predicted octanol–water partition coefficient (Wildman–Crippen LogP) is 5.70. The van der Waals surface area contributed by atoms with Gasteiger partial charge in [0, 0.05) is 21.5 Å². The van der Waals surface area contributed by atoms with Gasteiger partial charge < -0.3 is 18.6 Å². The fourth-order valence-electron chi connectivity index (χ4n) is 4.23. The molecule has 2 aromatic heterocycles. The summed E-state index contributed by atoms with van der Waals surface area (Å²) in [6.07, 6.45) is 0.130. The number of hydrogen-bond donors (Lipinski definition) is 0. The van der Waals surface area contributed by atoms with Gasteiger partial charge in [-0.3, -0.25) is 14.9 Å². The molecular formula is C29H23BrN4O8. The van der Waals surface area contributed by atoms with Crippen molar-refractivity contribution in [2.45, 2.75) is 20.0 Å². The van der Waals surface area contributed by atoms with Gasteiger partial charge in [-0.1, -0.05) is 28.1 Å². The number of carbonyl (C=O) groups is 1. The van der Waals surface area contributed by atoms with Crippen molar-refractivity contribution in [2.75, 3.05) is 13.7 Å². The Morgan fingerprint density at radius 2 is 2.00 bits per heavy atom. The number of rotatable bonds is 9. The second-order valence-corrected chi connectivity index (χ2v) is 9.86. The van der Waals surface area contributed by atoms with Crippen LogP contribution in [-0.4, -0.2) is 46.6 Å². The lowest BCUT2D eigenvalue weighted by Crippen LogP contribution is -2.25. The van der Waals surface area contributed by atoms with E-state index in [0.717, 1.165) is 14.5 Å². The average molecular weight is 635 g/mol. The molecule has 12 nitrogen and oxygen atoms in total. The normalized spacial score (nSPS) is 12.1. The second-order valence-electron chi connectivity index (χ2n) is 8.95. The van der Waals surface area contributed by atoms with Crippen molar-refractivity contribution in [3.8, 4) is 23.1 Å². The van der Waals surface area contributed by atoms with Crippen molar-refractivity contribution in [3.63, 3.8) is 0 Å². The summed E-state index contributed by atoms with van der Waals surface area (Å²) in [6.45, 7) is 3.25. The topological polar surface area (TPSA) is 148 Å². The molecule has 0 radical (unpaired) electrons. The Balaban J connectivity index is 1.66. The molecule has 0 fully saturated rings. The third kappa shape index (κ3) is 5.59. The van der Waals surface area contributed by atoms with Crippen LogP contribution < -0.4 is 15.0 Å². The van der Waals surface area contributed by atoms with Crippen LogP contribution in [0.1, 0.15) is 19.4 Å². The van der Waals surface area contributed by atoms with Crippen molar-refractivity contribution in [2.24, 2.45) is 5.10 Å². The number of furan rings is 1. The molecule has 5 rings (SSSR count). The summed E-state index contributed by atoms with van der Waals surface area (Å²) >= 11 is 3.44. The highest BCUT2D eigenvalue weighted by Gasteiger charge is 2.27. The summed E-state index contributed by atoms with van der Waals surface area (Å²) in [5.74, 6) is -0.518. The van der Waals surface area contributed by atoms with Gasteiger partial charge in [0.05, 0.1) is 35.8 Å². The SMILES string of the molecule is CCOc1cc(C=Nn2c(-c3cc4cc(Br)ccc4o3)nc3ccccc3c2=O)cc([N+](=O)[O-])c1O[C@H](C)C(=O)OC. The molecule has 0 aliphatic rings. The standard InChI is InChI=1S/C29H23BrN4O8/c1-4-40-24-12-17(11-22(34(37)38)26(24)41-16(2)29(36)39-3)15-31-33-27(32-21-8-6-5-7-20(21)28(33)35)25-14-18-13-19(30)9-10-23(18)42-25/h5-16H,4H2,1-3H3/t16-/m1/s1. The van der Waals surface area contributed by atoms with E-state index in [-0.39, 0.29) is 29.5 Å². The average Bonchev–Trinajstić information content (AvgIpc) is 3.40. The first-order valence-electron chi connectivity index (χ1n) is 12.7. The van der Waals surface area contributed by atoms with E-state index in [4.69, 9.17) is 13.9 Å². The number of para-hydroxylation sites is 1. The monoisotopic (exact) mass is 634 g/mol. The molecule has 0 saturated heterocycles. The molecule has 214 valence electrons. The van der Waals surface area contributed by atoms with Crippen LogP contribution in [0.3, 0.4) is 0 Å². The quantitative estimate of drug-likeness (QED) is 0.0861. The van der Waals surface area contributed by atoms with Crippen LogP contribution in [0.2, 0.25) is 0 Å². The molecule has 3 aromatic carbocycles. The molecule has 0 saturated carbocycles. The minimum absolute atomic E-state index is 0.0102. The zero-order chi connectivity index (χ0) is 30.0. The third-order valence-electron chi connectivity index (χ3n) is 6.16. The first-order chi connectivity index (χ1) is 20.2. The maximum Gasteiger partial charge on any atom is 0.346 e. The number of benzene rings is 3. The highest BCUT2D eigenvalue weighted by Crippen LogP contribution is 2.39. The fraction of sp³-hybridized carbons (Fsp3) is 0.172. The molecule has 0 spiro atoms. The van der Waals surface area contributed by atoms with Crippen LogP contribution in [0.5, 0.6) is 11.5 Å². The summed E-state index contributed by atoms with van der Waals surface area (Å²) in [5, 5.41) is 17.5. The zero-order valence-corrected chi connectivity index (χ0v) is 24.2. The lowest BCUT2D eigenvalue weighted by molar-refractivity contribution is -0.386. The van der Waals surface area contributed by atoms with E-state index in [0.29, 0.717) is 22.2 Å². The Bertz CT molecular complexity index is 1930. The van der Waals surface area contributed by atoms with E-state index in [1.807, 2.05) is 12.1 Å². The fourth-order valence-corrected chi connectivity index (χ4v) is 4.61. The maximum atomic E-state index is 13.6. The van der Waals surface area contributed by atoms with Gasteiger partial charge in [-0.05, 0) is 56.3 Å². The third-order valence-corrected chi connectivity index (χ3v) is 6.65. The van der Waals surface area contributed by atoms with Gasteiger partial charge in [-0.15, -0.1) is 0 Å². The zero-order valence-electron chi connectivity index (χ0n) is 22.6. The second kappa shape index (κ2) is 11.8. The first kappa shape index (κ1) is 28.5. The van der Waals surface area contributed by atoms with E-state index >= 15 is 0 Å². The van der Waals surface area contributed by atoms with E-state index in [1.54, 1.807) is 43.3 Å². The Kier molecular flexibility index (Phi) is 8.02. The Hall–Kier alpha value is -5.04. The maximum absolute atomic E-state index is 13.6. The summed E-state index contributed by atoms with van der Waals surface area (Å²) in [6, 6.07) is 16.7. The van der Waals surface area contributed by atoms with Crippen molar-refractivity contribution < 1.29 is 28.3 Å². The first-order valence-corrected chi connectivity index (χ1v) is 13.4. The summed E-state index contributed by atoms with van der Waals surface area (Å²) in [5.41, 5.74) is 0.314. The van der Waals surface area contributed by atoms with Crippen LogP contribution in [-0.2, 0) is 9.53 Å². The number of carbonyl (C=O) groups excluding carboxylic acids is 1. The molecule has 0 N–H and O–H groups in total. The van der Waals surface area contributed by atoms with Gasteiger partial charge >= 0.3 is 11.7 Å². The lowest BCUT2D eigenvalue weighted by atomic mass is 10.1. The Labute approximate surface area is 246 Å². The number of halogens is 1.